The smallest absolute Gasteiger partial charge is 0.194 e. The predicted molar refractivity (Wildman–Crippen MR) is 86.1 cm³/mol. The molecule has 0 amide bonds. The highest BCUT2D eigenvalue weighted by molar-refractivity contribution is 14.1. The van der Waals surface area contributed by atoms with Crippen molar-refractivity contribution >= 4 is 22.6 Å². The highest BCUT2D eigenvalue weighted by Crippen LogP contribution is 2.26. The molecular formula is C15H18FIN2O. The number of benzene rings is 1. The summed E-state index contributed by atoms with van der Waals surface area (Å²) in [4.78, 5) is 4.28. The van der Waals surface area contributed by atoms with E-state index in [1.807, 2.05) is 0 Å². The van der Waals surface area contributed by atoms with Gasteiger partial charge in [0.25, 0.3) is 0 Å². The van der Waals surface area contributed by atoms with Crippen LogP contribution in [-0.2, 0) is 6.42 Å². The van der Waals surface area contributed by atoms with Crippen molar-refractivity contribution in [2.45, 2.75) is 32.7 Å². The molecule has 1 heterocycles. The molecule has 5 heteroatoms. The molecule has 2 aromatic rings. The summed E-state index contributed by atoms with van der Waals surface area (Å²) in [5, 5.41) is 3.36. The molecule has 20 heavy (non-hydrogen) atoms. The van der Waals surface area contributed by atoms with Crippen LogP contribution in [0.1, 0.15) is 26.2 Å². The quantitative estimate of drug-likeness (QED) is 0.600. The number of aryl methyl sites for hydroxylation is 1. The lowest BCUT2D eigenvalue weighted by molar-refractivity contribution is 0.484. The van der Waals surface area contributed by atoms with Crippen LogP contribution in [0.2, 0.25) is 0 Å². The minimum Gasteiger partial charge on any atom is -0.441 e. The van der Waals surface area contributed by atoms with Crippen LogP contribution in [0.5, 0.6) is 0 Å². The molecule has 0 fully saturated rings. The SMILES string of the molecule is CC(C)NCCCc1ncc(-c2ccc(F)cc2I)o1. The maximum absolute atomic E-state index is 13.1. The average Bonchev–Trinajstić information content (AvgIpc) is 2.83. The summed E-state index contributed by atoms with van der Waals surface area (Å²) in [5.74, 6) is 1.18. The molecule has 2 rings (SSSR count). The van der Waals surface area contributed by atoms with Crippen molar-refractivity contribution in [3.8, 4) is 11.3 Å². The third-order valence-electron chi connectivity index (χ3n) is 2.87. The minimum absolute atomic E-state index is 0.238. The van der Waals surface area contributed by atoms with Crippen molar-refractivity contribution in [1.29, 1.82) is 0 Å². The Kier molecular flexibility index (Phi) is 5.54. The zero-order chi connectivity index (χ0) is 14.5. The van der Waals surface area contributed by atoms with Gasteiger partial charge in [-0.25, -0.2) is 9.37 Å². The van der Waals surface area contributed by atoms with Gasteiger partial charge in [0, 0.05) is 21.6 Å². The third kappa shape index (κ3) is 4.28. The Hall–Kier alpha value is -0.950. The lowest BCUT2D eigenvalue weighted by Gasteiger charge is -2.06. The van der Waals surface area contributed by atoms with Crippen molar-refractivity contribution in [3.63, 3.8) is 0 Å². The van der Waals surface area contributed by atoms with E-state index in [2.05, 4.69) is 46.7 Å². The number of aromatic nitrogens is 1. The number of hydrogen-bond acceptors (Lipinski definition) is 3. The van der Waals surface area contributed by atoms with Gasteiger partial charge in [0.15, 0.2) is 11.7 Å². The second-order valence-corrected chi connectivity index (χ2v) is 6.12. The summed E-state index contributed by atoms with van der Waals surface area (Å²) in [6, 6.07) is 5.15. The molecule has 0 radical (unpaired) electrons. The van der Waals surface area contributed by atoms with E-state index in [0.29, 0.717) is 11.8 Å². The summed E-state index contributed by atoms with van der Waals surface area (Å²) in [6.07, 6.45) is 3.50. The Bertz CT molecular complexity index is 569. The molecule has 0 saturated heterocycles. The highest BCUT2D eigenvalue weighted by atomic mass is 127. The van der Waals surface area contributed by atoms with Gasteiger partial charge in [0.1, 0.15) is 5.82 Å². The topological polar surface area (TPSA) is 38.1 Å². The van der Waals surface area contributed by atoms with Gasteiger partial charge in [0.05, 0.1) is 6.20 Å². The maximum Gasteiger partial charge on any atom is 0.194 e. The molecule has 0 atom stereocenters. The Labute approximate surface area is 132 Å². The number of hydrogen-bond donors (Lipinski definition) is 1. The van der Waals surface area contributed by atoms with Crippen LogP contribution >= 0.6 is 22.6 Å². The van der Waals surface area contributed by atoms with Gasteiger partial charge in [-0.15, -0.1) is 0 Å². The molecule has 1 aromatic heterocycles. The molecule has 0 saturated carbocycles. The van der Waals surface area contributed by atoms with Crippen molar-refractivity contribution in [1.82, 2.24) is 10.3 Å². The molecule has 0 aliphatic carbocycles. The molecule has 1 aromatic carbocycles. The fraction of sp³-hybridized carbons (Fsp3) is 0.400. The number of nitrogens with zero attached hydrogens (tertiary/aromatic N) is 1. The number of rotatable bonds is 6. The number of halogens is 2. The molecule has 0 unspecified atom stereocenters. The fourth-order valence-electron chi connectivity index (χ4n) is 1.87. The summed E-state index contributed by atoms with van der Waals surface area (Å²) in [7, 11) is 0. The third-order valence-corrected chi connectivity index (χ3v) is 3.76. The first kappa shape index (κ1) is 15.4. The second kappa shape index (κ2) is 7.17. The Balaban J connectivity index is 1.98. The van der Waals surface area contributed by atoms with Crippen molar-refractivity contribution in [3.05, 3.63) is 39.7 Å². The summed E-state index contributed by atoms with van der Waals surface area (Å²) in [6.45, 7) is 5.20. The lowest BCUT2D eigenvalue weighted by Crippen LogP contribution is -2.23. The summed E-state index contributed by atoms with van der Waals surface area (Å²) in [5.41, 5.74) is 0.881. The van der Waals surface area contributed by atoms with Crippen LogP contribution in [0.15, 0.2) is 28.8 Å². The minimum atomic E-state index is -0.238. The first-order valence-electron chi connectivity index (χ1n) is 6.70. The van der Waals surface area contributed by atoms with Crippen molar-refractivity contribution in [2.75, 3.05) is 6.54 Å². The van der Waals surface area contributed by atoms with E-state index in [9.17, 15) is 4.39 Å². The fourth-order valence-corrected chi connectivity index (χ4v) is 2.61. The Morgan fingerprint density at radius 3 is 2.90 bits per heavy atom. The van der Waals surface area contributed by atoms with Gasteiger partial charge < -0.3 is 9.73 Å². The van der Waals surface area contributed by atoms with Crippen LogP contribution in [0.25, 0.3) is 11.3 Å². The maximum atomic E-state index is 13.1. The second-order valence-electron chi connectivity index (χ2n) is 4.95. The van der Waals surface area contributed by atoms with Crippen LogP contribution in [-0.4, -0.2) is 17.6 Å². The molecule has 1 N–H and O–H groups in total. The van der Waals surface area contributed by atoms with Gasteiger partial charge in [-0.05, 0) is 53.8 Å². The van der Waals surface area contributed by atoms with Crippen LogP contribution in [0, 0.1) is 9.39 Å². The molecular weight excluding hydrogens is 370 g/mol. The Morgan fingerprint density at radius 2 is 2.20 bits per heavy atom. The lowest BCUT2D eigenvalue weighted by atomic mass is 10.2. The van der Waals surface area contributed by atoms with E-state index in [-0.39, 0.29) is 5.82 Å². The molecule has 0 bridgehead atoms. The number of nitrogens with one attached hydrogen (secondary N) is 1. The van der Waals surface area contributed by atoms with Crippen LogP contribution < -0.4 is 5.32 Å². The van der Waals surface area contributed by atoms with E-state index >= 15 is 0 Å². The zero-order valence-electron chi connectivity index (χ0n) is 11.6. The van der Waals surface area contributed by atoms with E-state index in [0.717, 1.165) is 34.4 Å². The molecule has 108 valence electrons. The van der Waals surface area contributed by atoms with Crippen LogP contribution in [0.3, 0.4) is 0 Å². The van der Waals surface area contributed by atoms with Gasteiger partial charge in [0.2, 0.25) is 0 Å². The monoisotopic (exact) mass is 388 g/mol. The first-order chi connectivity index (χ1) is 9.56. The predicted octanol–water partition coefficient (Wildman–Crippen LogP) is 4.02. The molecule has 0 aliphatic rings. The first-order valence-corrected chi connectivity index (χ1v) is 7.77. The van der Waals surface area contributed by atoms with E-state index in [4.69, 9.17) is 4.42 Å². The molecule has 0 aliphatic heterocycles. The number of oxazole rings is 1. The molecule has 0 spiro atoms. The van der Waals surface area contributed by atoms with E-state index in [1.54, 1.807) is 12.3 Å². The van der Waals surface area contributed by atoms with Gasteiger partial charge in [-0.2, -0.15) is 0 Å². The highest BCUT2D eigenvalue weighted by Gasteiger charge is 2.10. The van der Waals surface area contributed by atoms with Crippen LogP contribution in [0.4, 0.5) is 4.39 Å². The largest absolute Gasteiger partial charge is 0.441 e. The van der Waals surface area contributed by atoms with Gasteiger partial charge in [-0.3, -0.25) is 0 Å². The standard InChI is InChI=1S/C15H18FIN2O/c1-10(2)18-7-3-4-15-19-9-14(20-15)12-6-5-11(16)8-13(12)17/h5-6,8-10,18H,3-4,7H2,1-2H3. The summed E-state index contributed by atoms with van der Waals surface area (Å²) >= 11 is 2.10. The normalized spacial score (nSPS) is 11.2. The molecule has 3 nitrogen and oxygen atoms in total. The summed E-state index contributed by atoms with van der Waals surface area (Å²) < 4.78 is 19.6. The van der Waals surface area contributed by atoms with Crippen molar-refractivity contribution < 1.29 is 8.81 Å². The van der Waals surface area contributed by atoms with E-state index < -0.39 is 0 Å². The zero-order valence-corrected chi connectivity index (χ0v) is 13.8. The Morgan fingerprint density at radius 1 is 1.40 bits per heavy atom. The van der Waals surface area contributed by atoms with Crippen molar-refractivity contribution in [2.24, 2.45) is 0 Å². The van der Waals surface area contributed by atoms with E-state index in [1.165, 1.54) is 12.1 Å². The average molecular weight is 388 g/mol. The van der Waals surface area contributed by atoms with Gasteiger partial charge >= 0.3 is 0 Å². The van der Waals surface area contributed by atoms with Gasteiger partial charge in [-0.1, -0.05) is 13.8 Å².